The maximum Gasteiger partial charge on any atom is 0.164 e. The highest BCUT2D eigenvalue weighted by atomic mass is 15.0. The third kappa shape index (κ3) is 10.2. The van der Waals surface area contributed by atoms with Crippen molar-refractivity contribution in [2.24, 2.45) is 0 Å². The summed E-state index contributed by atoms with van der Waals surface area (Å²) in [7, 11) is 0. The normalized spacial score (nSPS) is 12.8. The Hall–Kier alpha value is -13.4. The molecule has 2 aromatic heterocycles. The number of rotatable bonds is 11. The van der Waals surface area contributed by atoms with Gasteiger partial charge in [-0.3, -0.25) is 0 Å². The van der Waals surface area contributed by atoms with Crippen molar-refractivity contribution in [1.82, 2.24) is 29.9 Å². The van der Waals surface area contributed by atoms with Crippen LogP contribution in [0, 0.1) is 22.7 Å². The zero-order chi connectivity index (χ0) is 68.8. The highest BCUT2D eigenvalue weighted by Crippen LogP contribution is 2.55. The van der Waals surface area contributed by atoms with Crippen LogP contribution in [-0.2, 0) is 10.8 Å². The minimum Gasteiger partial charge on any atom is -0.208 e. The van der Waals surface area contributed by atoms with Gasteiger partial charge in [-0.25, -0.2) is 29.9 Å². The van der Waals surface area contributed by atoms with Crippen molar-refractivity contribution < 1.29 is 0 Å². The highest BCUT2D eigenvalue weighted by Gasteiger charge is 2.39. The van der Waals surface area contributed by atoms with Gasteiger partial charge in [-0.2, -0.15) is 10.5 Å². The maximum absolute atomic E-state index is 10.4. The van der Waals surface area contributed by atoms with Crippen LogP contribution in [0.1, 0.15) is 61.1 Å². The Morgan fingerprint density at radius 1 is 0.235 bits per heavy atom. The molecule has 2 aliphatic carbocycles. The third-order valence-corrected chi connectivity index (χ3v) is 20.9. The van der Waals surface area contributed by atoms with Gasteiger partial charge in [0.2, 0.25) is 0 Å². The van der Waals surface area contributed by atoms with E-state index in [1.165, 1.54) is 22.3 Å². The van der Waals surface area contributed by atoms with Gasteiger partial charge in [0, 0.05) is 49.8 Å². The first-order valence-corrected chi connectivity index (χ1v) is 34.4. The summed E-state index contributed by atoms with van der Waals surface area (Å²) in [6.07, 6.45) is 0. The number of nitriles is 2. The topological polar surface area (TPSA) is 125 Å². The van der Waals surface area contributed by atoms with Gasteiger partial charge < -0.3 is 0 Å². The van der Waals surface area contributed by atoms with E-state index in [0.717, 1.165) is 133 Å². The fourth-order valence-electron chi connectivity index (χ4n) is 15.8. The number of fused-ring (bicyclic) bond motifs is 8. The first-order valence-electron chi connectivity index (χ1n) is 34.4. The number of hydrogen-bond acceptors (Lipinski definition) is 8. The van der Waals surface area contributed by atoms with Crippen molar-refractivity contribution in [3.63, 3.8) is 0 Å². The van der Waals surface area contributed by atoms with Crippen molar-refractivity contribution in [2.75, 3.05) is 0 Å². The van der Waals surface area contributed by atoms with E-state index in [1.54, 1.807) is 0 Å². The van der Waals surface area contributed by atoms with Crippen LogP contribution < -0.4 is 0 Å². The van der Waals surface area contributed by atoms with E-state index in [9.17, 15) is 10.5 Å². The SMILES string of the molecule is CC1(C)c2cc(-c3ccc4c(-c5cccc(-c6nc(-c7ccccc7)nc(-c7ccc(-c8c(-c9cccc%10c9-c9ccc(C#N)cc9C%10(C)C)ccc9ccccc89)cc7)n6)c5)cccc4c3-c3ccc(-c4nc(-c5ccccc5)nc(-c5ccccc5)n4)cc3)ccc2-c2c(C#N)cccc21. The molecule has 478 valence electrons. The molecular weight excluding hydrogens is 1240 g/mol. The van der Waals surface area contributed by atoms with Crippen molar-refractivity contribution in [1.29, 1.82) is 10.5 Å². The lowest BCUT2D eigenvalue weighted by Crippen LogP contribution is -2.15. The molecule has 16 aromatic rings. The average molecular weight is 1300 g/mol. The lowest BCUT2D eigenvalue weighted by molar-refractivity contribution is 0.660. The highest BCUT2D eigenvalue weighted by molar-refractivity contribution is 6.11. The number of aromatic nitrogens is 6. The summed E-state index contributed by atoms with van der Waals surface area (Å²) in [5, 5.41) is 24.8. The van der Waals surface area contributed by atoms with Gasteiger partial charge in [0.25, 0.3) is 0 Å². The summed E-state index contributed by atoms with van der Waals surface area (Å²) >= 11 is 0. The van der Waals surface area contributed by atoms with E-state index in [-0.39, 0.29) is 10.8 Å². The molecule has 0 bridgehead atoms. The largest absolute Gasteiger partial charge is 0.208 e. The summed E-state index contributed by atoms with van der Waals surface area (Å²) in [5.41, 5.74) is 26.1. The minimum absolute atomic E-state index is 0.290. The quantitative estimate of drug-likeness (QED) is 0.125. The summed E-state index contributed by atoms with van der Waals surface area (Å²) < 4.78 is 0. The Labute approximate surface area is 592 Å². The van der Waals surface area contributed by atoms with Crippen molar-refractivity contribution in [3.05, 3.63) is 337 Å². The lowest BCUT2D eigenvalue weighted by atomic mass is 9.80. The van der Waals surface area contributed by atoms with Crippen LogP contribution in [0.4, 0.5) is 0 Å². The number of nitrogens with zero attached hydrogens (tertiary/aromatic N) is 8. The zero-order valence-corrected chi connectivity index (χ0v) is 56.4. The molecule has 8 heteroatoms. The van der Waals surface area contributed by atoms with E-state index in [0.29, 0.717) is 46.1 Å². The lowest BCUT2D eigenvalue weighted by Gasteiger charge is -2.23. The Bertz CT molecular complexity index is 6130. The van der Waals surface area contributed by atoms with Crippen LogP contribution in [0.2, 0.25) is 0 Å². The molecule has 0 saturated carbocycles. The second-order valence-electron chi connectivity index (χ2n) is 27.5. The van der Waals surface area contributed by atoms with Gasteiger partial charge >= 0.3 is 0 Å². The van der Waals surface area contributed by atoms with Crippen molar-refractivity contribution in [2.45, 2.75) is 38.5 Å². The first-order chi connectivity index (χ1) is 50.0. The van der Waals surface area contributed by atoms with Crippen molar-refractivity contribution >= 4 is 21.5 Å². The fraction of sp³-hybridized carbons (Fsp3) is 0.0638. The van der Waals surface area contributed by atoms with Gasteiger partial charge in [0.05, 0.1) is 23.3 Å². The Morgan fingerprint density at radius 3 is 1.24 bits per heavy atom. The second-order valence-corrected chi connectivity index (χ2v) is 27.5. The molecule has 8 nitrogen and oxygen atoms in total. The number of hydrogen-bond donors (Lipinski definition) is 0. The van der Waals surface area contributed by atoms with Crippen molar-refractivity contribution in [3.8, 4) is 158 Å². The van der Waals surface area contributed by atoms with Crippen LogP contribution in [0.25, 0.3) is 168 Å². The molecule has 0 amide bonds. The smallest absolute Gasteiger partial charge is 0.164 e. The standard InChI is InChI=1S/C94H62N8/c1-93(2)79-34-17-29-69(56-96)85(79)77-49-46-67(54-82(77)93)72-50-51-73-70(31-18-32-74(73)84(72)60-39-43-64(44-40-60)90-98-87(61-21-8-5-9-22-61)97-88(99-90)62-23-10-6-11-24-62)66-27-16-28-68(53-66)92-101-89(63-25-12-7-13-26-63)100-91(102-92)65-41-37-59(38-42-65)83-71-30-15-14-20-58(71)45-48-76(83)75-33-19-35-80-86(75)78-47-36-57(55-95)52-81(78)94(80,3)4/h5-54H,1-4H3. The van der Waals surface area contributed by atoms with Crippen LogP contribution in [0.5, 0.6) is 0 Å². The fourth-order valence-corrected chi connectivity index (χ4v) is 15.8. The molecule has 102 heavy (non-hydrogen) atoms. The van der Waals surface area contributed by atoms with Crippen LogP contribution in [0.3, 0.4) is 0 Å². The third-order valence-electron chi connectivity index (χ3n) is 20.9. The predicted molar refractivity (Wildman–Crippen MR) is 413 cm³/mol. The summed E-state index contributed by atoms with van der Waals surface area (Å²) in [4.78, 5) is 31.0. The minimum atomic E-state index is -0.344. The molecule has 0 fully saturated rings. The van der Waals surface area contributed by atoms with Gasteiger partial charge in [-0.1, -0.05) is 301 Å². The summed E-state index contributed by atoms with van der Waals surface area (Å²) in [5.74, 6) is 3.48. The van der Waals surface area contributed by atoms with Gasteiger partial charge in [-0.15, -0.1) is 0 Å². The maximum atomic E-state index is 10.4. The number of benzene rings is 14. The summed E-state index contributed by atoms with van der Waals surface area (Å²) in [6, 6.07) is 111. The molecule has 18 rings (SSSR count). The van der Waals surface area contributed by atoms with Crippen LogP contribution in [0.15, 0.2) is 303 Å². The second kappa shape index (κ2) is 24.2. The molecule has 0 saturated heterocycles. The van der Waals surface area contributed by atoms with E-state index in [1.807, 2.05) is 109 Å². The van der Waals surface area contributed by atoms with E-state index >= 15 is 0 Å². The van der Waals surface area contributed by atoms with Crippen LogP contribution in [-0.4, -0.2) is 29.9 Å². The molecule has 2 heterocycles. The Morgan fingerprint density at radius 2 is 0.637 bits per heavy atom. The molecule has 0 N–H and O–H groups in total. The Kier molecular flexibility index (Phi) is 14.5. The molecule has 0 radical (unpaired) electrons. The molecule has 2 aliphatic rings. The van der Waals surface area contributed by atoms with Crippen LogP contribution >= 0.6 is 0 Å². The molecule has 0 spiro atoms. The summed E-state index contributed by atoms with van der Waals surface area (Å²) in [6.45, 7) is 9.06. The Balaban J connectivity index is 0.751. The predicted octanol–water partition coefficient (Wildman–Crippen LogP) is 23.1. The molecule has 14 aromatic carbocycles. The molecule has 0 unspecified atom stereocenters. The monoisotopic (exact) mass is 1300 g/mol. The first kappa shape index (κ1) is 61.0. The molecule has 0 aliphatic heterocycles. The van der Waals surface area contributed by atoms with Gasteiger partial charge in [-0.05, 0) is 146 Å². The zero-order valence-electron chi connectivity index (χ0n) is 56.4. The van der Waals surface area contributed by atoms with Gasteiger partial charge in [0.15, 0.2) is 34.9 Å². The van der Waals surface area contributed by atoms with Gasteiger partial charge in [0.1, 0.15) is 0 Å². The molecule has 0 atom stereocenters. The molecular formula is C94H62N8. The van der Waals surface area contributed by atoms with E-state index < -0.39 is 0 Å². The van der Waals surface area contributed by atoms with E-state index in [2.05, 4.69) is 234 Å². The average Bonchev–Trinajstić information content (AvgIpc) is 1.54. The van der Waals surface area contributed by atoms with E-state index in [4.69, 9.17) is 29.9 Å².